The van der Waals surface area contributed by atoms with Crippen molar-refractivity contribution in [2.75, 3.05) is 25.9 Å². The van der Waals surface area contributed by atoms with Crippen molar-refractivity contribution in [2.45, 2.75) is 25.5 Å². The summed E-state index contributed by atoms with van der Waals surface area (Å²) in [6.45, 7) is 1.52. The van der Waals surface area contributed by atoms with Gasteiger partial charge in [-0.05, 0) is 12.1 Å². The van der Waals surface area contributed by atoms with Gasteiger partial charge >= 0.3 is 6.03 Å². The highest BCUT2D eigenvalue weighted by atomic mass is 16.5. The highest BCUT2D eigenvalue weighted by Crippen LogP contribution is 2.28. The number of aromatic amines is 1. The van der Waals surface area contributed by atoms with Crippen molar-refractivity contribution in [1.82, 2.24) is 25.4 Å². The van der Waals surface area contributed by atoms with Gasteiger partial charge in [0.2, 0.25) is 5.95 Å². The molecule has 1 aromatic heterocycles. The van der Waals surface area contributed by atoms with Crippen molar-refractivity contribution in [2.24, 2.45) is 0 Å². The van der Waals surface area contributed by atoms with Crippen molar-refractivity contribution in [3.05, 3.63) is 30.1 Å². The van der Waals surface area contributed by atoms with Crippen LogP contribution in [0, 0.1) is 0 Å². The zero-order valence-corrected chi connectivity index (χ0v) is 14.1. The molecule has 25 heavy (non-hydrogen) atoms. The molecular formula is C16H22N6O3. The minimum Gasteiger partial charge on any atom is -0.493 e. The van der Waals surface area contributed by atoms with Crippen molar-refractivity contribution in [1.29, 1.82) is 0 Å². The van der Waals surface area contributed by atoms with Crippen LogP contribution < -0.4 is 20.5 Å². The van der Waals surface area contributed by atoms with Gasteiger partial charge in [0.05, 0.1) is 13.7 Å². The summed E-state index contributed by atoms with van der Waals surface area (Å²) in [5, 5.41) is 9.18. The Bertz CT molecular complexity index is 711. The van der Waals surface area contributed by atoms with Crippen molar-refractivity contribution >= 4 is 12.0 Å². The molecule has 0 bridgehead atoms. The molecule has 3 rings (SSSR count). The van der Waals surface area contributed by atoms with Crippen LogP contribution in [0.2, 0.25) is 0 Å². The molecule has 2 heterocycles. The summed E-state index contributed by atoms with van der Waals surface area (Å²) in [7, 11) is 1.62. The van der Waals surface area contributed by atoms with E-state index < -0.39 is 0 Å². The monoisotopic (exact) mass is 346 g/mol. The Kier molecular flexibility index (Phi) is 5.22. The molecule has 1 aliphatic rings. The van der Waals surface area contributed by atoms with Gasteiger partial charge in [-0.1, -0.05) is 12.1 Å². The zero-order chi connectivity index (χ0) is 17.6. The number of para-hydroxylation sites is 2. The van der Waals surface area contributed by atoms with E-state index in [-0.39, 0.29) is 24.6 Å². The molecular weight excluding hydrogens is 324 g/mol. The molecule has 2 aromatic rings. The SMILES string of the molecule is COc1ccccc1OC1CCN(C(=O)NCc2nc(N)n[nH]2)CC1. The van der Waals surface area contributed by atoms with Crippen LogP contribution in [-0.4, -0.2) is 52.4 Å². The molecule has 4 N–H and O–H groups in total. The number of aromatic nitrogens is 3. The lowest BCUT2D eigenvalue weighted by atomic mass is 10.1. The standard InChI is InChI=1S/C16H22N6O3/c1-24-12-4-2-3-5-13(12)25-11-6-8-22(9-7-11)16(23)18-10-14-19-15(17)21-20-14/h2-5,11H,6-10H2,1H3,(H,18,23)(H3,17,19,20,21). The fourth-order valence-electron chi connectivity index (χ4n) is 2.73. The first kappa shape index (κ1) is 16.9. The Morgan fingerprint density at radius 1 is 1.36 bits per heavy atom. The van der Waals surface area contributed by atoms with Crippen LogP contribution in [0.15, 0.2) is 24.3 Å². The van der Waals surface area contributed by atoms with Crippen molar-refractivity contribution in [3.63, 3.8) is 0 Å². The highest BCUT2D eigenvalue weighted by Gasteiger charge is 2.24. The van der Waals surface area contributed by atoms with Gasteiger partial charge in [-0.15, -0.1) is 5.10 Å². The number of carbonyl (C=O) groups excluding carboxylic acids is 1. The third-order valence-corrected chi connectivity index (χ3v) is 4.05. The van der Waals surface area contributed by atoms with Crippen LogP contribution in [0.4, 0.5) is 10.7 Å². The van der Waals surface area contributed by atoms with Gasteiger partial charge in [0.15, 0.2) is 11.5 Å². The van der Waals surface area contributed by atoms with E-state index in [4.69, 9.17) is 15.2 Å². The summed E-state index contributed by atoms with van der Waals surface area (Å²) in [5.41, 5.74) is 5.43. The number of ether oxygens (including phenoxy) is 2. The van der Waals surface area contributed by atoms with E-state index in [1.54, 1.807) is 12.0 Å². The predicted molar refractivity (Wildman–Crippen MR) is 91.2 cm³/mol. The van der Waals surface area contributed by atoms with Crippen LogP contribution in [0.5, 0.6) is 11.5 Å². The third-order valence-electron chi connectivity index (χ3n) is 4.05. The third kappa shape index (κ3) is 4.31. The van der Waals surface area contributed by atoms with E-state index in [0.29, 0.717) is 24.7 Å². The summed E-state index contributed by atoms with van der Waals surface area (Å²) in [6.07, 6.45) is 1.59. The predicted octanol–water partition coefficient (Wildman–Crippen LogP) is 1.15. The number of H-pyrrole nitrogens is 1. The second-order valence-electron chi connectivity index (χ2n) is 5.75. The number of hydrogen-bond donors (Lipinski definition) is 3. The minimum absolute atomic E-state index is 0.0643. The molecule has 1 saturated heterocycles. The number of nitrogens with zero attached hydrogens (tertiary/aromatic N) is 3. The molecule has 2 amide bonds. The molecule has 1 aromatic carbocycles. The summed E-state index contributed by atoms with van der Waals surface area (Å²) < 4.78 is 11.3. The molecule has 134 valence electrons. The summed E-state index contributed by atoms with van der Waals surface area (Å²) in [4.78, 5) is 17.9. The number of piperidine rings is 1. The number of likely N-dealkylation sites (tertiary alicyclic amines) is 1. The molecule has 0 saturated carbocycles. The van der Waals surface area contributed by atoms with Gasteiger partial charge < -0.3 is 25.4 Å². The Balaban J connectivity index is 1.45. The maximum atomic E-state index is 12.2. The molecule has 0 atom stereocenters. The minimum atomic E-state index is -0.134. The molecule has 1 aliphatic heterocycles. The van der Waals surface area contributed by atoms with Crippen LogP contribution >= 0.6 is 0 Å². The van der Waals surface area contributed by atoms with E-state index in [1.807, 2.05) is 24.3 Å². The molecule has 1 fully saturated rings. The Morgan fingerprint density at radius 2 is 2.08 bits per heavy atom. The molecule has 0 unspecified atom stereocenters. The average Bonchev–Trinajstić information content (AvgIpc) is 3.06. The van der Waals surface area contributed by atoms with Gasteiger partial charge in [-0.3, -0.25) is 5.10 Å². The lowest BCUT2D eigenvalue weighted by Gasteiger charge is -2.32. The summed E-state index contributed by atoms with van der Waals surface area (Å²) in [6, 6.07) is 7.44. The number of nitrogens with one attached hydrogen (secondary N) is 2. The molecule has 0 spiro atoms. The van der Waals surface area contributed by atoms with Gasteiger partial charge in [0.1, 0.15) is 11.9 Å². The first-order chi connectivity index (χ1) is 12.2. The Labute approximate surface area is 145 Å². The number of hydrogen-bond acceptors (Lipinski definition) is 6. The van der Waals surface area contributed by atoms with Gasteiger partial charge in [0, 0.05) is 25.9 Å². The lowest BCUT2D eigenvalue weighted by Crippen LogP contribution is -2.46. The van der Waals surface area contributed by atoms with Crippen LogP contribution in [0.1, 0.15) is 18.7 Å². The van der Waals surface area contributed by atoms with Crippen molar-refractivity contribution in [3.8, 4) is 11.5 Å². The van der Waals surface area contributed by atoms with E-state index in [2.05, 4.69) is 20.5 Å². The topological polar surface area (TPSA) is 118 Å². The fourth-order valence-corrected chi connectivity index (χ4v) is 2.73. The maximum absolute atomic E-state index is 12.2. The first-order valence-corrected chi connectivity index (χ1v) is 8.15. The normalized spacial score (nSPS) is 15.0. The summed E-state index contributed by atoms with van der Waals surface area (Å²) in [5.74, 6) is 2.14. The van der Waals surface area contributed by atoms with Gasteiger partial charge in [-0.2, -0.15) is 4.98 Å². The second-order valence-corrected chi connectivity index (χ2v) is 5.75. The van der Waals surface area contributed by atoms with Crippen LogP contribution in [-0.2, 0) is 6.54 Å². The van der Waals surface area contributed by atoms with Crippen molar-refractivity contribution < 1.29 is 14.3 Å². The first-order valence-electron chi connectivity index (χ1n) is 8.15. The molecule has 0 radical (unpaired) electrons. The highest BCUT2D eigenvalue weighted by molar-refractivity contribution is 5.74. The van der Waals surface area contributed by atoms with Crippen LogP contribution in [0.3, 0.4) is 0 Å². The van der Waals surface area contributed by atoms with Crippen LogP contribution in [0.25, 0.3) is 0 Å². The van der Waals surface area contributed by atoms with E-state index in [0.717, 1.165) is 18.6 Å². The number of nitrogen functional groups attached to an aromatic ring is 1. The number of rotatable bonds is 5. The smallest absolute Gasteiger partial charge is 0.317 e. The molecule has 9 nitrogen and oxygen atoms in total. The summed E-state index contributed by atoms with van der Waals surface area (Å²) >= 11 is 0. The number of carbonyl (C=O) groups is 1. The number of benzene rings is 1. The Hall–Kier alpha value is -2.97. The quantitative estimate of drug-likeness (QED) is 0.747. The van der Waals surface area contributed by atoms with E-state index in [9.17, 15) is 4.79 Å². The number of anilines is 1. The molecule has 0 aliphatic carbocycles. The average molecular weight is 346 g/mol. The second kappa shape index (κ2) is 7.73. The number of amides is 2. The maximum Gasteiger partial charge on any atom is 0.317 e. The largest absolute Gasteiger partial charge is 0.493 e. The number of urea groups is 1. The fraction of sp³-hybridized carbons (Fsp3) is 0.438. The lowest BCUT2D eigenvalue weighted by molar-refractivity contribution is 0.108. The molecule has 9 heteroatoms. The van der Waals surface area contributed by atoms with Gasteiger partial charge in [0.25, 0.3) is 0 Å². The number of methoxy groups -OCH3 is 1. The van der Waals surface area contributed by atoms with E-state index in [1.165, 1.54) is 0 Å². The van der Waals surface area contributed by atoms with Gasteiger partial charge in [-0.25, -0.2) is 4.79 Å². The van der Waals surface area contributed by atoms with E-state index >= 15 is 0 Å². The number of nitrogens with two attached hydrogens (primary N) is 1. The zero-order valence-electron chi connectivity index (χ0n) is 14.1. The Morgan fingerprint density at radius 3 is 2.72 bits per heavy atom.